The monoisotopic (exact) mass is 139 g/mol. The molecule has 0 aromatic rings. The molecule has 0 amide bonds. The second-order valence-corrected chi connectivity index (χ2v) is 3.40. The molecule has 0 aromatic carbocycles. The minimum absolute atomic E-state index is 0.0428. The molecule has 0 fully saturated rings. The Morgan fingerprint density at radius 2 is 2.12 bits per heavy atom. The Balaban J connectivity index is 4.04. The SMILES string of the molecule is C[C@@H](CN)S(=O)(=O)O. The summed E-state index contributed by atoms with van der Waals surface area (Å²) in [5.41, 5.74) is 4.92. The van der Waals surface area contributed by atoms with Crippen molar-refractivity contribution in [2.75, 3.05) is 6.54 Å². The van der Waals surface area contributed by atoms with Crippen molar-refractivity contribution in [2.24, 2.45) is 5.73 Å². The van der Waals surface area contributed by atoms with Crippen molar-refractivity contribution in [1.29, 1.82) is 0 Å². The first-order chi connectivity index (χ1) is 3.48. The maximum atomic E-state index is 10.0. The van der Waals surface area contributed by atoms with Crippen molar-refractivity contribution < 1.29 is 13.0 Å². The van der Waals surface area contributed by atoms with E-state index in [1.54, 1.807) is 0 Å². The second-order valence-electron chi connectivity index (χ2n) is 1.56. The lowest BCUT2D eigenvalue weighted by Gasteiger charge is -2.00. The molecule has 4 nitrogen and oxygen atoms in total. The van der Waals surface area contributed by atoms with Gasteiger partial charge in [-0.1, -0.05) is 0 Å². The molecule has 0 rings (SSSR count). The lowest BCUT2D eigenvalue weighted by atomic mass is 10.5. The van der Waals surface area contributed by atoms with Gasteiger partial charge >= 0.3 is 0 Å². The first kappa shape index (κ1) is 7.87. The zero-order valence-corrected chi connectivity index (χ0v) is 5.35. The van der Waals surface area contributed by atoms with E-state index >= 15 is 0 Å². The molecule has 0 unspecified atom stereocenters. The lowest BCUT2D eigenvalue weighted by molar-refractivity contribution is 0.471. The van der Waals surface area contributed by atoms with Gasteiger partial charge in [-0.25, -0.2) is 0 Å². The smallest absolute Gasteiger partial charge is 0.268 e. The maximum absolute atomic E-state index is 10.0. The highest BCUT2D eigenvalue weighted by Crippen LogP contribution is 1.91. The van der Waals surface area contributed by atoms with Gasteiger partial charge < -0.3 is 5.73 Å². The molecular formula is C3H9NO3S. The van der Waals surface area contributed by atoms with Gasteiger partial charge in [0.15, 0.2) is 0 Å². The van der Waals surface area contributed by atoms with Crippen LogP contribution in [0.15, 0.2) is 0 Å². The van der Waals surface area contributed by atoms with Crippen LogP contribution < -0.4 is 5.73 Å². The fraction of sp³-hybridized carbons (Fsp3) is 1.00. The van der Waals surface area contributed by atoms with Crippen LogP contribution in [0.4, 0.5) is 0 Å². The Bertz CT molecular complexity index is 150. The third kappa shape index (κ3) is 2.25. The predicted molar refractivity (Wildman–Crippen MR) is 30.1 cm³/mol. The largest absolute Gasteiger partial charge is 0.329 e. The number of nitrogens with two attached hydrogens (primary N) is 1. The van der Waals surface area contributed by atoms with Crippen LogP contribution in [0, 0.1) is 0 Å². The molecule has 0 aliphatic carbocycles. The van der Waals surface area contributed by atoms with Gasteiger partial charge in [0.25, 0.3) is 10.1 Å². The predicted octanol–water partition coefficient (Wildman–Crippen LogP) is -0.779. The van der Waals surface area contributed by atoms with E-state index in [1.807, 2.05) is 0 Å². The van der Waals surface area contributed by atoms with Crippen LogP contribution in [-0.2, 0) is 10.1 Å². The molecule has 0 saturated carbocycles. The van der Waals surface area contributed by atoms with Crippen LogP contribution in [0.1, 0.15) is 6.92 Å². The van der Waals surface area contributed by atoms with Crippen molar-refractivity contribution in [3.05, 3.63) is 0 Å². The average molecular weight is 139 g/mol. The Kier molecular flexibility index (Phi) is 2.39. The van der Waals surface area contributed by atoms with E-state index in [0.717, 1.165) is 0 Å². The highest BCUT2D eigenvalue weighted by Gasteiger charge is 2.13. The molecule has 0 aliphatic heterocycles. The molecular weight excluding hydrogens is 130 g/mol. The molecule has 0 spiro atoms. The molecule has 8 heavy (non-hydrogen) atoms. The molecule has 0 bridgehead atoms. The van der Waals surface area contributed by atoms with Crippen LogP contribution in [0.3, 0.4) is 0 Å². The summed E-state index contributed by atoms with van der Waals surface area (Å²) in [6.07, 6.45) is 0. The summed E-state index contributed by atoms with van der Waals surface area (Å²) in [4.78, 5) is 0. The van der Waals surface area contributed by atoms with Gasteiger partial charge in [0, 0.05) is 6.54 Å². The van der Waals surface area contributed by atoms with Crippen LogP contribution >= 0.6 is 0 Å². The van der Waals surface area contributed by atoms with Crippen molar-refractivity contribution >= 4 is 10.1 Å². The highest BCUT2D eigenvalue weighted by atomic mass is 32.2. The maximum Gasteiger partial charge on any atom is 0.268 e. The van der Waals surface area contributed by atoms with Gasteiger partial charge in [0.05, 0.1) is 5.25 Å². The topological polar surface area (TPSA) is 80.4 Å². The Labute approximate surface area is 48.4 Å². The molecule has 0 aliphatic rings. The van der Waals surface area contributed by atoms with Crippen LogP contribution in [-0.4, -0.2) is 24.8 Å². The van der Waals surface area contributed by atoms with Crippen molar-refractivity contribution in [1.82, 2.24) is 0 Å². The first-order valence-electron chi connectivity index (χ1n) is 2.15. The van der Waals surface area contributed by atoms with E-state index in [4.69, 9.17) is 10.3 Å². The zero-order valence-electron chi connectivity index (χ0n) is 4.53. The van der Waals surface area contributed by atoms with Gasteiger partial charge in [-0.2, -0.15) is 8.42 Å². The first-order valence-corrected chi connectivity index (χ1v) is 3.65. The van der Waals surface area contributed by atoms with E-state index in [-0.39, 0.29) is 6.54 Å². The summed E-state index contributed by atoms with van der Waals surface area (Å²) in [7, 11) is -3.88. The summed E-state index contributed by atoms with van der Waals surface area (Å²) < 4.78 is 28.3. The molecule has 0 heterocycles. The summed E-state index contributed by atoms with van der Waals surface area (Å²) in [5.74, 6) is 0. The summed E-state index contributed by atoms with van der Waals surface area (Å²) in [6.45, 7) is 1.30. The van der Waals surface area contributed by atoms with Gasteiger partial charge in [-0.15, -0.1) is 0 Å². The third-order valence-corrected chi connectivity index (χ3v) is 2.05. The molecule has 50 valence electrons. The van der Waals surface area contributed by atoms with Gasteiger partial charge in [-0.05, 0) is 6.92 Å². The third-order valence-electron chi connectivity index (χ3n) is 0.840. The van der Waals surface area contributed by atoms with Gasteiger partial charge in [-0.3, -0.25) is 4.55 Å². The molecule has 0 aromatic heterocycles. The normalized spacial score (nSPS) is 15.9. The molecule has 0 saturated heterocycles. The fourth-order valence-corrected chi connectivity index (χ4v) is 0.365. The lowest BCUT2D eigenvalue weighted by Crippen LogP contribution is -2.25. The second kappa shape index (κ2) is 2.43. The quantitative estimate of drug-likeness (QED) is 0.492. The minimum atomic E-state index is -3.88. The zero-order chi connectivity index (χ0) is 6.78. The Hall–Kier alpha value is -0.130. The van der Waals surface area contributed by atoms with Crippen molar-refractivity contribution in [3.8, 4) is 0 Å². The molecule has 5 heteroatoms. The molecule has 3 N–H and O–H groups in total. The number of rotatable bonds is 2. The molecule has 1 atom stereocenters. The number of hydrogen-bond donors (Lipinski definition) is 2. The van der Waals surface area contributed by atoms with Gasteiger partial charge in [0.2, 0.25) is 0 Å². The van der Waals surface area contributed by atoms with E-state index in [2.05, 4.69) is 0 Å². The summed E-state index contributed by atoms with van der Waals surface area (Å²) in [6, 6.07) is 0. The van der Waals surface area contributed by atoms with Crippen molar-refractivity contribution in [2.45, 2.75) is 12.2 Å². The Morgan fingerprint density at radius 3 is 2.12 bits per heavy atom. The minimum Gasteiger partial charge on any atom is -0.329 e. The van der Waals surface area contributed by atoms with E-state index in [1.165, 1.54) is 6.92 Å². The standard InChI is InChI=1S/C3H9NO3S/c1-3(2-4)8(5,6)7/h3H,2,4H2,1H3,(H,5,6,7)/t3-/m0/s1. The van der Waals surface area contributed by atoms with Gasteiger partial charge in [0.1, 0.15) is 0 Å². The van der Waals surface area contributed by atoms with E-state index in [9.17, 15) is 8.42 Å². The Morgan fingerprint density at radius 1 is 1.75 bits per heavy atom. The number of hydrogen-bond acceptors (Lipinski definition) is 3. The highest BCUT2D eigenvalue weighted by molar-refractivity contribution is 7.86. The van der Waals surface area contributed by atoms with Crippen LogP contribution in [0.5, 0.6) is 0 Å². The van der Waals surface area contributed by atoms with E-state index < -0.39 is 15.4 Å². The van der Waals surface area contributed by atoms with Crippen molar-refractivity contribution in [3.63, 3.8) is 0 Å². The summed E-state index contributed by atoms with van der Waals surface area (Å²) >= 11 is 0. The van der Waals surface area contributed by atoms with Crippen LogP contribution in [0.2, 0.25) is 0 Å². The molecule has 0 radical (unpaired) electrons. The fourth-order valence-electron chi connectivity index (χ4n) is 0.122. The average Bonchev–Trinajstić information content (AvgIpc) is 1.62. The van der Waals surface area contributed by atoms with Crippen LogP contribution in [0.25, 0.3) is 0 Å². The van der Waals surface area contributed by atoms with E-state index in [0.29, 0.717) is 0 Å². The summed E-state index contributed by atoms with van der Waals surface area (Å²) in [5, 5.41) is -0.845.